The van der Waals surface area contributed by atoms with Crippen LogP contribution in [-0.2, 0) is 9.59 Å². The molecule has 0 saturated heterocycles. The SMILES string of the molecule is O=C(O)CCC(=O)Oc1ccc(C(=O)O)cc1. The van der Waals surface area contributed by atoms with Gasteiger partial charge < -0.3 is 14.9 Å². The van der Waals surface area contributed by atoms with E-state index in [4.69, 9.17) is 14.9 Å². The van der Waals surface area contributed by atoms with E-state index in [-0.39, 0.29) is 24.2 Å². The minimum absolute atomic E-state index is 0.0790. The minimum Gasteiger partial charge on any atom is -0.481 e. The van der Waals surface area contributed by atoms with Crippen molar-refractivity contribution in [2.75, 3.05) is 0 Å². The fraction of sp³-hybridized carbons (Fsp3) is 0.182. The number of aliphatic carboxylic acids is 1. The number of aromatic carboxylic acids is 1. The van der Waals surface area contributed by atoms with Gasteiger partial charge in [-0.05, 0) is 24.3 Å². The molecule has 0 radical (unpaired) electrons. The molecule has 17 heavy (non-hydrogen) atoms. The highest BCUT2D eigenvalue weighted by Crippen LogP contribution is 2.13. The zero-order chi connectivity index (χ0) is 12.8. The summed E-state index contributed by atoms with van der Waals surface area (Å²) in [6, 6.07) is 5.26. The molecular weight excluding hydrogens is 228 g/mol. The van der Waals surface area contributed by atoms with Gasteiger partial charge in [-0.15, -0.1) is 0 Å². The molecule has 0 aliphatic heterocycles. The van der Waals surface area contributed by atoms with Crippen LogP contribution >= 0.6 is 0 Å². The Morgan fingerprint density at radius 3 is 2.06 bits per heavy atom. The van der Waals surface area contributed by atoms with Crippen LogP contribution in [0.5, 0.6) is 5.75 Å². The average Bonchev–Trinajstić information content (AvgIpc) is 2.27. The first-order valence-electron chi connectivity index (χ1n) is 4.75. The van der Waals surface area contributed by atoms with Gasteiger partial charge in [0, 0.05) is 0 Å². The first-order valence-corrected chi connectivity index (χ1v) is 4.75. The van der Waals surface area contributed by atoms with Gasteiger partial charge in [0.2, 0.25) is 0 Å². The molecule has 0 aliphatic carbocycles. The number of hydrogen-bond acceptors (Lipinski definition) is 4. The predicted molar refractivity (Wildman–Crippen MR) is 55.9 cm³/mol. The van der Waals surface area contributed by atoms with E-state index in [0.29, 0.717) is 0 Å². The molecule has 2 N–H and O–H groups in total. The van der Waals surface area contributed by atoms with Crippen LogP contribution in [0, 0.1) is 0 Å². The normalized spacial score (nSPS) is 9.65. The maximum Gasteiger partial charge on any atom is 0.335 e. The Labute approximate surface area is 96.4 Å². The molecule has 0 bridgehead atoms. The summed E-state index contributed by atoms with van der Waals surface area (Å²) in [5, 5.41) is 17.0. The average molecular weight is 238 g/mol. The van der Waals surface area contributed by atoms with Crippen molar-refractivity contribution >= 4 is 17.9 Å². The van der Waals surface area contributed by atoms with Gasteiger partial charge in [0.25, 0.3) is 0 Å². The van der Waals surface area contributed by atoms with Gasteiger partial charge in [0.15, 0.2) is 0 Å². The number of carbonyl (C=O) groups excluding carboxylic acids is 1. The molecule has 0 spiro atoms. The molecule has 1 rings (SSSR count). The lowest BCUT2D eigenvalue weighted by molar-refractivity contribution is -0.142. The van der Waals surface area contributed by atoms with Crippen molar-refractivity contribution in [2.24, 2.45) is 0 Å². The van der Waals surface area contributed by atoms with Crippen molar-refractivity contribution in [1.82, 2.24) is 0 Å². The fourth-order valence-electron chi connectivity index (χ4n) is 1.06. The Bertz CT molecular complexity index is 434. The second kappa shape index (κ2) is 5.64. The molecular formula is C11H10O6. The summed E-state index contributed by atoms with van der Waals surface area (Å²) in [5.74, 6) is -2.64. The van der Waals surface area contributed by atoms with Gasteiger partial charge in [0.1, 0.15) is 5.75 Å². The Hall–Kier alpha value is -2.37. The number of esters is 1. The summed E-state index contributed by atoms with van der Waals surface area (Å²) >= 11 is 0. The van der Waals surface area contributed by atoms with Crippen molar-refractivity contribution in [3.63, 3.8) is 0 Å². The van der Waals surface area contributed by atoms with Gasteiger partial charge in [-0.2, -0.15) is 0 Å². The van der Waals surface area contributed by atoms with Crippen molar-refractivity contribution in [3.8, 4) is 5.75 Å². The number of carboxylic acids is 2. The van der Waals surface area contributed by atoms with Gasteiger partial charge >= 0.3 is 17.9 Å². The molecule has 0 fully saturated rings. The lowest BCUT2D eigenvalue weighted by Gasteiger charge is -2.03. The largest absolute Gasteiger partial charge is 0.481 e. The zero-order valence-electron chi connectivity index (χ0n) is 8.75. The Kier molecular flexibility index (Phi) is 4.21. The summed E-state index contributed by atoms with van der Waals surface area (Å²) in [5.41, 5.74) is 0.0790. The predicted octanol–water partition coefficient (Wildman–Crippen LogP) is 1.16. The molecule has 6 heteroatoms. The van der Waals surface area contributed by atoms with Crippen molar-refractivity contribution in [1.29, 1.82) is 0 Å². The Morgan fingerprint density at radius 1 is 1.00 bits per heavy atom. The van der Waals surface area contributed by atoms with Crippen LogP contribution in [0.15, 0.2) is 24.3 Å². The van der Waals surface area contributed by atoms with Gasteiger partial charge in [0.05, 0.1) is 18.4 Å². The molecule has 0 unspecified atom stereocenters. The molecule has 0 saturated carbocycles. The van der Waals surface area contributed by atoms with Crippen molar-refractivity contribution in [3.05, 3.63) is 29.8 Å². The van der Waals surface area contributed by atoms with Crippen LogP contribution in [0.2, 0.25) is 0 Å². The van der Waals surface area contributed by atoms with Crippen LogP contribution in [-0.4, -0.2) is 28.1 Å². The monoisotopic (exact) mass is 238 g/mol. The molecule has 0 aliphatic rings. The lowest BCUT2D eigenvalue weighted by atomic mass is 10.2. The number of rotatable bonds is 5. The first-order chi connectivity index (χ1) is 7.99. The van der Waals surface area contributed by atoms with Crippen LogP contribution < -0.4 is 4.74 Å². The molecule has 1 aromatic carbocycles. The summed E-state index contributed by atoms with van der Waals surface area (Å²) in [7, 11) is 0. The third kappa shape index (κ3) is 4.33. The van der Waals surface area contributed by atoms with E-state index in [1.165, 1.54) is 24.3 Å². The number of carboxylic acid groups (broad SMARTS) is 2. The summed E-state index contributed by atoms with van der Waals surface area (Å²) in [6.07, 6.45) is -0.526. The molecule has 6 nitrogen and oxygen atoms in total. The summed E-state index contributed by atoms with van der Waals surface area (Å²) in [6.45, 7) is 0. The van der Waals surface area contributed by atoms with Crippen molar-refractivity contribution in [2.45, 2.75) is 12.8 Å². The Morgan fingerprint density at radius 2 is 1.59 bits per heavy atom. The van der Waals surface area contributed by atoms with Gasteiger partial charge in [-0.1, -0.05) is 0 Å². The maximum atomic E-state index is 11.1. The lowest BCUT2D eigenvalue weighted by Crippen LogP contribution is -2.10. The van der Waals surface area contributed by atoms with E-state index in [0.717, 1.165) is 0 Å². The summed E-state index contributed by atoms with van der Waals surface area (Å²) < 4.78 is 4.80. The third-order valence-corrected chi connectivity index (χ3v) is 1.88. The smallest absolute Gasteiger partial charge is 0.335 e. The first kappa shape index (κ1) is 12.7. The Balaban J connectivity index is 2.54. The molecule has 0 aromatic heterocycles. The van der Waals surface area contributed by atoms with Crippen LogP contribution in [0.4, 0.5) is 0 Å². The quantitative estimate of drug-likeness (QED) is 0.589. The highest BCUT2D eigenvalue weighted by Gasteiger charge is 2.08. The minimum atomic E-state index is -1.08. The second-order valence-electron chi connectivity index (χ2n) is 3.20. The molecule has 0 heterocycles. The van der Waals surface area contributed by atoms with Gasteiger partial charge in [-0.25, -0.2) is 4.79 Å². The number of carbonyl (C=O) groups is 3. The van der Waals surface area contributed by atoms with Crippen LogP contribution in [0.3, 0.4) is 0 Å². The van der Waals surface area contributed by atoms with E-state index in [1.54, 1.807) is 0 Å². The van der Waals surface area contributed by atoms with E-state index >= 15 is 0 Å². The topological polar surface area (TPSA) is 101 Å². The van der Waals surface area contributed by atoms with Gasteiger partial charge in [-0.3, -0.25) is 9.59 Å². The standard InChI is InChI=1S/C11H10O6/c12-9(13)5-6-10(14)17-8-3-1-7(2-4-8)11(15)16/h1-4H,5-6H2,(H,12,13)(H,15,16). The molecule has 0 amide bonds. The molecule has 90 valence electrons. The van der Waals surface area contributed by atoms with Crippen LogP contribution in [0.25, 0.3) is 0 Å². The van der Waals surface area contributed by atoms with Crippen LogP contribution in [0.1, 0.15) is 23.2 Å². The van der Waals surface area contributed by atoms with Crippen molar-refractivity contribution < 1.29 is 29.3 Å². The van der Waals surface area contributed by atoms with E-state index < -0.39 is 17.9 Å². The van der Waals surface area contributed by atoms with E-state index in [2.05, 4.69) is 0 Å². The zero-order valence-corrected chi connectivity index (χ0v) is 8.75. The maximum absolute atomic E-state index is 11.1. The number of ether oxygens (including phenoxy) is 1. The van der Waals surface area contributed by atoms with E-state index in [9.17, 15) is 14.4 Å². The number of hydrogen-bond donors (Lipinski definition) is 2. The summed E-state index contributed by atoms with van der Waals surface area (Å²) in [4.78, 5) is 31.9. The second-order valence-corrected chi connectivity index (χ2v) is 3.20. The fourth-order valence-corrected chi connectivity index (χ4v) is 1.06. The highest BCUT2D eigenvalue weighted by atomic mass is 16.5. The number of benzene rings is 1. The third-order valence-electron chi connectivity index (χ3n) is 1.88. The van der Waals surface area contributed by atoms with E-state index in [1.807, 2.05) is 0 Å². The molecule has 1 aromatic rings. The molecule has 0 atom stereocenters. The highest BCUT2D eigenvalue weighted by molar-refractivity contribution is 5.87.